The van der Waals surface area contributed by atoms with E-state index < -0.39 is 0 Å². The summed E-state index contributed by atoms with van der Waals surface area (Å²) >= 11 is 0. The number of hydrogen-bond acceptors (Lipinski definition) is 3. The Morgan fingerprint density at radius 1 is 1.32 bits per heavy atom. The molecule has 0 radical (unpaired) electrons. The molecule has 0 aromatic heterocycles. The predicted molar refractivity (Wildman–Crippen MR) is 97.8 cm³/mol. The van der Waals surface area contributed by atoms with Gasteiger partial charge >= 0.3 is 0 Å². The minimum Gasteiger partial charge on any atom is -0.495 e. The van der Waals surface area contributed by atoms with Crippen molar-refractivity contribution in [1.82, 2.24) is 4.90 Å². The van der Waals surface area contributed by atoms with Gasteiger partial charge in [0, 0.05) is 25.6 Å². The van der Waals surface area contributed by atoms with Crippen LogP contribution in [0.1, 0.15) is 44.6 Å². The summed E-state index contributed by atoms with van der Waals surface area (Å²) in [7, 11) is 1.61. The van der Waals surface area contributed by atoms with E-state index in [-0.39, 0.29) is 17.7 Å². The van der Waals surface area contributed by atoms with Crippen molar-refractivity contribution in [3.05, 3.63) is 23.8 Å². The lowest BCUT2D eigenvalue weighted by Gasteiger charge is -2.36. The quantitative estimate of drug-likeness (QED) is 0.843. The van der Waals surface area contributed by atoms with Crippen molar-refractivity contribution in [2.75, 3.05) is 25.1 Å². The molecular weight excluding hydrogens is 316 g/mol. The highest BCUT2D eigenvalue weighted by Gasteiger charge is 2.39. The van der Waals surface area contributed by atoms with Gasteiger partial charge in [-0.15, -0.1) is 0 Å². The van der Waals surface area contributed by atoms with Gasteiger partial charge < -0.3 is 14.5 Å². The highest BCUT2D eigenvalue weighted by atomic mass is 16.5. The molecule has 0 bridgehead atoms. The van der Waals surface area contributed by atoms with E-state index in [1.165, 1.54) is 6.42 Å². The van der Waals surface area contributed by atoms with Gasteiger partial charge in [0.15, 0.2) is 0 Å². The van der Waals surface area contributed by atoms with E-state index in [0.29, 0.717) is 24.8 Å². The van der Waals surface area contributed by atoms with Gasteiger partial charge in [-0.25, -0.2) is 0 Å². The zero-order valence-corrected chi connectivity index (χ0v) is 15.5. The number of carbonyl (C=O) groups excluding carboxylic acids is 2. The Balaban J connectivity index is 1.78. The zero-order chi connectivity index (χ0) is 18.0. The van der Waals surface area contributed by atoms with Crippen molar-refractivity contribution in [3.63, 3.8) is 0 Å². The number of rotatable bonds is 4. The Morgan fingerprint density at radius 2 is 2.12 bits per heavy atom. The van der Waals surface area contributed by atoms with Gasteiger partial charge in [-0.05, 0) is 50.3 Å². The lowest BCUT2D eigenvalue weighted by atomic mass is 9.97. The third-order valence-electron chi connectivity index (χ3n) is 5.48. The van der Waals surface area contributed by atoms with Gasteiger partial charge in [0.25, 0.3) is 0 Å². The first-order chi connectivity index (χ1) is 12.0. The van der Waals surface area contributed by atoms with Crippen molar-refractivity contribution in [2.45, 2.75) is 52.0 Å². The van der Waals surface area contributed by atoms with Crippen LogP contribution >= 0.6 is 0 Å². The first-order valence-electron chi connectivity index (χ1n) is 9.30. The number of hydrogen-bond donors (Lipinski definition) is 0. The zero-order valence-electron chi connectivity index (χ0n) is 15.5. The maximum atomic E-state index is 13.0. The second kappa shape index (κ2) is 7.46. The van der Waals surface area contributed by atoms with Crippen LogP contribution in [0.15, 0.2) is 18.2 Å². The molecule has 2 aliphatic heterocycles. The van der Waals surface area contributed by atoms with Crippen LogP contribution in [0, 0.1) is 12.8 Å². The minimum atomic E-state index is -0.245. The summed E-state index contributed by atoms with van der Waals surface area (Å²) in [4.78, 5) is 29.4. The largest absolute Gasteiger partial charge is 0.495 e. The van der Waals surface area contributed by atoms with Crippen LogP contribution in [0.2, 0.25) is 0 Å². The standard InChI is InChI=1S/C20H28N2O3/c1-4-16-7-5-6-10-21(16)20(24)15-12-19(23)22(13-15)17-11-14(2)8-9-18(17)25-3/h8-9,11,15-16H,4-7,10,12-13H2,1-3H3/t15-,16+/m0/s1. The molecule has 0 N–H and O–H groups in total. The number of ether oxygens (including phenoxy) is 1. The summed E-state index contributed by atoms with van der Waals surface area (Å²) in [5, 5.41) is 0. The number of methoxy groups -OCH3 is 1. The molecule has 2 heterocycles. The van der Waals surface area contributed by atoms with Crippen LogP contribution in [0.5, 0.6) is 5.75 Å². The van der Waals surface area contributed by atoms with Crippen molar-refractivity contribution >= 4 is 17.5 Å². The predicted octanol–water partition coefficient (Wildman–Crippen LogP) is 3.15. The smallest absolute Gasteiger partial charge is 0.228 e. The van der Waals surface area contributed by atoms with Gasteiger partial charge in [-0.2, -0.15) is 0 Å². The Bertz CT molecular complexity index is 658. The molecule has 5 nitrogen and oxygen atoms in total. The molecule has 0 spiro atoms. The molecule has 0 saturated carbocycles. The van der Waals surface area contributed by atoms with Crippen LogP contribution in [-0.2, 0) is 9.59 Å². The molecule has 2 aliphatic rings. The van der Waals surface area contributed by atoms with Gasteiger partial charge in [0.2, 0.25) is 11.8 Å². The second-order valence-corrected chi connectivity index (χ2v) is 7.17. The third-order valence-corrected chi connectivity index (χ3v) is 5.48. The number of anilines is 1. The van der Waals surface area contributed by atoms with E-state index in [2.05, 4.69) is 6.92 Å². The fourth-order valence-corrected chi connectivity index (χ4v) is 4.07. The average Bonchev–Trinajstić information content (AvgIpc) is 3.02. The van der Waals surface area contributed by atoms with E-state index in [1.54, 1.807) is 12.0 Å². The number of aryl methyl sites for hydroxylation is 1. The summed E-state index contributed by atoms with van der Waals surface area (Å²) in [6.07, 6.45) is 4.62. The summed E-state index contributed by atoms with van der Waals surface area (Å²) in [6, 6.07) is 6.13. The SMILES string of the molecule is CC[C@@H]1CCCCN1C(=O)[C@H]1CC(=O)N(c2cc(C)ccc2OC)C1. The molecule has 25 heavy (non-hydrogen) atoms. The molecule has 2 atom stereocenters. The molecule has 2 amide bonds. The van der Waals surface area contributed by atoms with Crippen LogP contribution in [-0.4, -0.2) is 43.0 Å². The number of benzene rings is 1. The van der Waals surface area contributed by atoms with Gasteiger partial charge in [0.1, 0.15) is 5.75 Å². The van der Waals surface area contributed by atoms with Crippen molar-refractivity contribution < 1.29 is 14.3 Å². The van der Waals surface area contributed by atoms with Gasteiger partial charge in [0.05, 0.1) is 18.7 Å². The van der Waals surface area contributed by atoms with Gasteiger partial charge in [-0.3, -0.25) is 9.59 Å². The molecule has 0 aliphatic carbocycles. The molecule has 1 aromatic carbocycles. The first kappa shape index (κ1) is 17.8. The van der Waals surface area contributed by atoms with Crippen LogP contribution in [0.3, 0.4) is 0 Å². The fraction of sp³-hybridized carbons (Fsp3) is 0.600. The Labute approximate surface area is 149 Å². The Hall–Kier alpha value is -2.04. The highest BCUT2D eigenvalue weighted by molar-refractivity contribution is 6.01. The first-order valence-corrected chi connectivity index (χ1v) is 9.30. The maximum absolute atomic E-state index is 13.0. The molecule has 2 saturated heterocycles. The second-order valence-electron chi connectivity index (χ2n) is 7.17. The molecule has 136 valence electrons. The minimum absolute atomic E-state index is 0.00677. The van der Waals surface area contributed by atoms with Gasteiger partial charge in [-0.1, -0.05) is 13.0 Å². The average molecular weight is 344 g/mol. The summed E-state index contributed by atoms with van der Waals surface area (Å²) in [5.41, 5.74) is 1.84. The van der Waals surface area contributed by atoms with Crippen LogP contribution < -0.4 is 9.64 Å². The number of nitrogens with zero attached hydrogens (tertiary/aromatic N) is 2. The molecule has 1 aromatic rings. The van der Waals surface area contributed by atoms with Crippen LogP contribution in [0.4, 0.5) is 5.69 Å². The summed E-state index contributed by atoms with van der Waals surface area (Å²) in [6.45, 7) is 5.41. The molecule has 3 rings (SSSR count). The topological polar surface area (TPSA) is 49.9 Å². The van der Waals surface area contributed by atoms with Crippen LogP contribution in [0.25, 0.3) is 0 Å². The lowest BCUT2D eigenvalue weighted by molar-refractivity contribution is -0.139. The lowest BCUT2D eigenvalue weighted by Crippen LogP contribution is -2.46. The summed E-state index contributed by atoms with van der Waals surface area (Å²) < 4.78 is 5.42. The van der Waals surface area contributed by atoms with E-state index in [1.807, 2.05) is 30.0 Å². The number of carbonyl (C=O) groups is 2. The molecule has 5 heteroatoms. The van der Waals surface area contributed by atoms with Crippen molar-refractivity contribution in [1.29, 1.82) is 0 Å². The third kappa shape index (κ3) is 3.51. The van der Waals surface area contributed by atoms with E-state index in [9.17, 15) is 9.59 Å². The normalized spacial score (nSPS) is 23.9. The van der Waals surface area contributed by atoms with E-state index >= 15 is 0 Å². The fourth-order valence-electron chi connectivity index (χ4n) is 4.07. The Kier molecular flexibility index (Phi) is 5.30. The Morgan fingerprint density at radius 3 is 2.84 bits per heavy atom. The van der Waals surface area contributed by atoms with E-state index in [0.717, 1.165) is 37.1 Å². The van der Waals surface area contributed by atoms with Crippen molar-refractivity contribution in [3.8, 4) is 5.75 Å². The molecule has 2 fully saturated rings. The highest BCUT2D eigenvalue weighted by Crippen LogP contribution is 2.35. The van der Waals surface area contributed by atoms with E-state index in [4.69, 9.17) is 4.74 Å². The maximum Gasteiger partial charge on any atom is 0.228 e. The number of amides is 2. The molecular formula is C20H28N2O3. The number of likely N-dealkylation sites (tertiary alicyclic amines) is 1. The number of piperidine rings is 1. The van der Waals surface area contributed by atoms with Crippen molar-refractivity contribution in [2.24, 2.45) is 5.92 Å². The summed E-state index contributed by atoms with van der Waals surface area (Å²) in [5.74, 6) is 0.586. The molecule has 0 unspecified atom stereocenters. The monoisotopic (exact) mass is 344 g/mol.